The van der Waals surface area contributed by atoms with Gasteiger partial charge in [0.1, 0.15) is 24.7 Å². The fourth-order valence-corrected chi connectivity index (χ4v) is 2.76. The lowest BCUT2D eigenvalue weighted by atomic mass is 10.1. The molecule has 0 bridgehead atoms. The Hall–Kier alpha value is -1.95. The highest BCUT2D eigenvalue weighted by Gasteiger charge is 2.18. The Balaban J connectivity index is 1.85. The minimum Gasteiger partial charge on any atom is -0.490 e. The number of hydrogen-bond acceptors (Lipinski definition) is 4. The number of carboxylic acids is 1. The highest BCUT2D eigenvalue weighted by atomic mass is 35.5. The van der Waals surface area contributed by atoms with Gasteiger partial charge in [-0.25, -0.2) is 4.79 Å². The molecule has 2 rings (SSSR count). The van der Waals surface area contributed by atoms with Gasteiger partial charge in [0.05, 0.1) is 5.02 Å². The lowest BCUT2D eigenvalue weighted by Gasteiger charge is -2.13. The third-order valence-electron chi connectivity index (χ3n) is 3.47. The molecule has 1 unspecified atom stereocenters. The lowest BCUT2D eigenvalue weighted by Crippen LogP contribution is -2.26. The number of ether oxygens (including phenoxy) is 3. The molecule has 2 aromatic rings. The Labute approximate surface area is 162 Å². The van der Waals surface area contributed by atoms with Crippen molar-refractivity contribution in [2.75, 3.05) is 19.8 Å². The van der Waals surface area contributed by atoms with Gasteiger partial charge in [-0.15, -0.1) is 0 Å². The quantitative estimate of drug-likeness (QED) is 0.597. The fourth-order valence-electron chi connectivity index (χ4n) is 2.30. The van der Waals surface area contributed by atoms with Gasteiger partial charge >= 0.3 is 5.97 Å². The van der Waals surface area contributed by atoms with Crippen LogP contribution in [-0.2, 0) is 16.0 Å². The van der Waals surface area contributed by atoms with Crippen LogP contribution in [0, 0.1) is 0 Å². The van der Waals surface area contributed by atoms with Gasteiger partial charge in [0.25, 0.3) is 0 Å². The molecule has 1 atom stereocenters. The third kappa shape index (κ3) is 6.41. The summed E-state index contributed by atoms with van der Waals surface area (Å²) in [7, 11) is 0. The molecule has 0 saturated heterocycles. The highest BCUT2D eigenvalue weighted by molar-refractivity contribution is 6.35. The van der Waals surface area contributed by atoms with Gasteiger partial charge in [-0.3, -0.25) is 0 Å². The van der Waals surface area contributed by atoms with Crippen molar-refractivity contribution < 1.29 is 24.1 Å². The summed E-state index contributed by atoms with van der Waals surface area (Å²) in [6.07, 6.45) is -0.595. The van der Waals surface area contributed by atoms with E-state index in [1.54, 1.807) is 37.3 Å². The Morgan fingerprint density at radius 2 is 1.88 bits per heavy atom. The molecule has 0 radical (unpaired) electrons. The Morgan fingerprint density at radius 3 is 2.58 bits per heavy atom. The van der Waals surface area contributed by atoms with E-state index in [9.17, 15) is 4.79 Å². The van der Waals surface area contributed by atoms with E-state index < -0.39 is 12.1 Å². The summed E-state index contributed by atoms with van der Waals surface area (Å²) in [5.74, 6) is 0.190. The molecule has 1 N–H and O–H groups in total. The predicted octanol–water partition coefficient (Wildman–Crippen LogP) is 4.48. The van der Waals surface area contributed by atoms with Crippen LogP contribution in [-0.4, -0.2) is 37.0 Å². The van der Waals surface area contributed by atoms with Crippen LogP contribution in [0.5, 0.6) is 11.5 Å². The summed E-state index contributed by atoms with van der Waals surface area (Å²) in [5, 5.41) is 10.1. The number of hydrogen-bond donors (Lipinski definition) is 1. The standard InChI is InChI=1S/C19H20Cl2O5/c1-2-24-18(19(22)23)11-13-4-3-5-15(10-13)25-8-9-26-17-7-6-14(20)12-16(17)21/h3-7,10,12,18H,2,8-9,11H2,1H3,(H,22,23). The van der Waals surface area contributed by atoms with Crippen molar-refractivity contribution >= 4 is 29.2 Å². The topological polar surface area (TPSA) is 65.0 Å². The van der Waals surface area contributed by atoms with E-state index in [0.29, 0.717) is 41.4 Å². The summed E-state index contributed by atoms with van der Waals surface area (Å²) < 4.78 is 16.4. The molecular weight excluding hydrogens is 379 g/mol. The van der Waals surface area contributed by atoms with E-state index in [2.05, 4.69) is 0 Å². The molecule has 2 aromatic carbocycles. The first-order valence-corrected chi connectivity index (χ1v) is 8.89. The molecule has 140 valence electrons. The van der Waals surface area contributed by atoms with E-state index in [0.717, 1.165) is 5.56 Å². The van der Waals surface area contributed by atoms with Crippen molar-refractivity contribution in [3.05, 3.63) is 58.1 Å². The number of carbonyl (C=O) groups is 1. The van der Waals surface area contributed by atoms with Crippen LogP contribution in [0.4, 0.5) is 0 Å². The maximum atomic E-state index is 11.2. The Morgan fingerprint density at radius 1 is 1.12 bits per heavy atom. The fraction of sp³-hybridized carbons (Fsp3) is 0.316. The van der Waals surface area contributed by atoms with Gasteiger partial charge in [0, 0.05) is 18.1 Å². The van der Waals surface area contributed by atoms with E-state index in [1.165, 1.54) is 0 Å². The summed E-state index contributed by atoms with van der Waals surface area (Å²) in [6, 6.07) is 12.3. The van der Waals surface area contributed by atoms with E-state index in [1.807, 2.05) is 12.1 Å². The van der Waals surface area contributed by atoms with E-state index in [-0.39, 0.29) is 6.42 Å². The van der Waals surface area contributed by atoms with E-state index in [4.69, 9.17) is 42.5 Å². The van der Waals surface area contributed by atoms with Crippen LogP contribution >= 0.6 is 23.2 Å². The molecule has 0 fully saturated rings. The van der Waals surface area contributed by atoms with Crippen molar-refractivity contribution in [1.82, 2.24) is 0 Å². The van der Waals surface area contributed by atoms with Gasteiger partial charge < -0.3 is 19.3 Å². The number of rotatable bonds is 10. The molecule has 0 saturated carbocycles. The van der Waals surface area contributed by atoms with Crippen LogP contribution in [0.15, 0.2) is 42.5 Å². The minimum atomic E-state index is -0.980. The van der Waals surface area contributed by atoms with Gasteiger partial charge in [-0.1, -0.05) is 35.3 Å². The second-order valence-electron chi connectivity index (χ2n) is 5.41. The minimum absolute atomic E-state index is 0.275. The maximum Gasteiger partial charge on any atom is 0.333 e. The summed E-state index contributed by atoms with van der Waals surface area (Å²) in [6.45, 7) is 2.73. The summed E-state index contributed by atoms with van der Waals surface area (Å²) in [5.41, 5.74) is 0.824. The number of carboxylic acid groups (broad SMARTS) is 1. The summed E-state index contributed by atoms with van der Waals surface area (Å²) in [4.78, 5) is 11.2. The largest absolute Gasteiger partial charge is 0.490 e. The third-order valence-corrected chi connectivity index (χ3v) is 4.00. The van der Waals surface area contributed by atoms with Gasteiger partial charge in [0.2, 0.25) is 0 Å². The molecular formula is C19H20Cl2O5. The van der Waals surface area contributed by atoms with Crippen molar-refractivity contribution in [3.63, 3.8) is 0 Å². The highest BCUT2D eigenvalue weighted by Crippen LogP contribution is 2.27. The Kier molecular flexibility index (Phi) is 8.04. The zero-order valence-corrected chi connectivity index (χ0v) is 15.8. The van der Waals surface area contributed by atoms with Crippen molar-refractivity contribution in [3.8, 4) is 11.5 Å². The van der Waals surface area contributed by atoms with Crippen molar-refractivity contribution in [2.45, 2.75) is 19.4 Å². The van der Waals surface area contributed by atoms with Crippen LogP contribution in [0.3, 0.4) is 0 Å². The molecule has 0 heterocycles. The lowest BCUT2D eigenvalue weighted by molar-refractivity contribution is -0.149. The zero-order chi connectivity index (χ0) is 18.9. The summed E-state index contributed by atoms with van der Waals surface area (Å²) >= 11 is 11.9. The van der Waals surface area contributed by atoms with Gasteiger partial charge in [0.15, 0.2) is 6.10 Å². The normalized spacial score (nSPS) is 11.8. The average molecular weight is 399 g/mol. The molecule has 0 aliphatic heterocycles. The number of aliphatic carboxylic acids is 1. The van der Waals surface area contributed by atoms with Crippen LogP contribution in [0.25, 0.3) is 0 Å². The SMILES string of the molecule is CCOC(Cc1cccc(OCCOc2ccc(Cl)cc2Cl)c1)C(=O)O. The molecule has 0 aromatic heterocycles. The maximum absolute atomic E-state index is 11.2. The number of halogens is 2. The molecule has 0 aliphatic carbocycles. The smallest absolute Gasteiger partial charge is 0.333 e. The molecule has 0 spiro atoms. The van der Waals surface area contributed by atoms with Crippen LogP contribution in [0.1, 0.15) is 12.5 Å². The van der Waals surface area contributed by atoms with Crippen LogP contribution < -0.4 is 9.47 Å². The molecule has 5 nitrogen and oxygen atoms in total. The molecule has 7 heteroatoms. The second-order valence-corrected chi connectivity index (χ2v) is 6.25. The van der Waals surface area contributed by atoms with Crippen molar-refractivity contribution in [2.24, 2.45) is 0 Å². The average Bonchev–Trinajstić information content (AvgIpc) is 2.60. The van der Waals surface area contributed by atoms with Gasteiger partial charge in [-0.05, 0) is 42.8 Å². The predicted molar refractivity (Wildman–Crippen MR) is 101 cm³/mol. The second kappa shape index (κ2) is 10.3. The zero-order valence-electron chi connectivity index (χ0n) is 14.3. The first-order valence-electron chi connectivity index (χ1n) is 8.13. The van der Waals surface area contributed by atoms with Crippen LogP contribution in [0.2, 0.25) is 10.0 Å². The first-order chi connectivity index (χ1) is 12.5. The molecule has 0 amide bonds. The molecule has 26 heavy (non-hydrogen) atoms. The number of benzene rings is 2. The van der Waals surface area contributed by atoms with Gasteiger partial charge in [-0.2, -0.15) is 0 Å². The molecule has 0 aliphatic rings. The van der Waals surface area contributed by atoms with E-state index >= 15 is 0 Å². The Bertz CT molecular complexity index is 736. The van der Waals surface area contributed by atoms with Crippen molar-refractivity contribution in [1.29, 1.82) is 0 Å². The first kappa shape index (κ1) is 20.4. The monoisotopic (exact) mass is 398 g/mol.